The molecule has 2 aliphatic carbocycles. The molecular weight excluding hydrogens is 492 g/mol. The van der Waals surface area contributed by atoms with Gasteiger partial charge in [0, 0.05) is 0 Å². The van der Waals surface area contributed by atoms with E-state index in [2.05, 4.69) is 146 Å². The van der Waals surface area contributed by atoms with Crippen molar-refractivity contribution in [3.63, 3.8) is 0 Å². The monoisotopic (exact) mass is 516 g/mol. The Balaban J connectivity index is 1.32. The molecule has 0 atom stereocenters. The van der Waals surface area contributed by atoms with Crippen LogP contribution in [0.3, 0.4) is 0 Å². The van der Waals surface area contributed by atoms with E-state index < -0.39 is 0 Å². The Morgan fingerprint density at radius 1 is 0.317 bits per heavy atom. The molecule has 41 heavy (non-hydrogen) atoms. The second-order valence-electron chi connectivity index (χ2n) is 11.6. The van der Waals surface area contributed by atoms with Gasteiger partial charge in [-0.15, -0.1) is 0 Å². The van der Waals surface area contributed by atoms with Crippen molar-refractivity contribution in [3.05, 3.63) is 168 Å². The van der Waals surface area contributed by atoms with Crippen molar-refractivity contribution in [2.45, 2.75) is 5.41 Å². The minimum Gasteiger partial charge on any atom is -0.0622 e. The minimum absolute atomic E-state index is 0.128. The van der Waals surface area contributed by atoms with Crippen molar-refractivity contribution in [3.8, 4) is 22.3 Å². The number of rotatable bonds is 2. The maximum absolute atomic E-state index is 2.51. The standard InChI is InChI=1S/C41H24/c1-2-11-25(12-3-1)37-29-16-4-6-18-31(29)38(32-19-7-5-17-30(32)37)28-23-27-15-10-22-35-40(27)36(24-28)41(35)33-20-8-13-26-14-9-21-34(41)39(26)33/h1-24H. The second kappa shape index (κ2) is 7.50. The minimum atomic E-state index is -0.128. The molecular formula is C41H24. The van der Waals surface area contributed by atoms with E-state index in [9.17, 15) is 0 Å². The SMILES string of the molecule is c1ccc(-c2c3ccccc3c(-c3cc4c5c(cccc5c3)C43c4cccc5cccc3c45)c3ccccc23)cc1. The summed E-state index contributed by atoms with van der Waals surface area (Å²) < 4.78 is 0. The largest absolute Gasteiger partial charge is 0.0726 e. The van der Waals surface area contributed by atoms with Crippen LogP contribution in [0.4, 0.5) is 0 Å². The van der Waals surface area contributed by atoms with Gasteiger partial charge >= 0.3 is 0 Å². The Labute approximate surface area is 238 Å². The first-order valence-corrected chi connectivity index (χ1v) is 14.5. The van der Waals surface area contributed by atoms with Crippen LogP contribution in [-0.4, -0.2) is 0 Å². The van der Waals surface area contributed by atoms with Crippen LogP contribution in [0, 0.1) is 0 Å². The lowest BCUT2D eigenvalue weighted by Crippen LogP contribution is -2.43. The Morgan fingerprint density at radius 2 is 0.780 bits per heavy atom. The third-order valence-electron chi connectivity index (χ3n) is 9.78. The first kappa shape index (κ1) is 21.6. The number of hydrogen-bond donors (Lipinski definition) is 0. The van der Waals surface area contributed by atoms with E-state index in [-0.39, 0.29) is 5.41 Å². The van der Waals surface area contributed by atoms with Gasteiger partial charge in [-0.3, -0.25) is 0 Å². The van der Waals surface area contributed by atoms with E-state index in [1.807, 2.05) is 0 Å². The smallest absolute Gasteiger partial charge is 0.0622 e. The van der Waals surface area contributed by atoms with Crippen LogP contribution in [0.5, 0.6) is 0 Å². The topological polar surface area (TPSA) is 0 Å². The maximum atomic E-state index is 2.51. The van der Waals surface area contributed by atoms with Crippen LogP contribution in [0.1, 0.15) is 22.3 Å². The molecule has 0 nitrogen and oxygen atoms in total. The third kappa shape index (κ3) is 2.48. The van der Waals surface area contributed by atoms with E-state index in [1.165, 1.54) is 87.6 Å². The summed E-state index contributed by atoms with van der Waals surface area (Å²) in [5.74, 6) is 0. The predicted octanol–water partition coefficient (Wildman–Crippen LogP) is 10.6. The van der Waals surface area contributed by atoms with Gasteiger partial charge in [-0.25, -0.2) is 0 Å². The van der Waals surface area contributed by atoms with Crippen LogP contribution >= 0.6 is 0 Å². The average molecular weight is 517 g/mol. The predicted molar refractivity (Wildman–Crippen MR) is 173 cm³/mol. The summed E-state index contributed by atoms with van der Waals surface area (Å²) in [6.07, 6.45) is 0. The zero-order valence-electron chi connectivity index (χ0n) is 22.4. The molecule has 0 bridgehead atoms. The zero-order chi connectivity index (χ0) is 26.7. The Kier molecular flexibility index (Phi) is 3.95. The summed E-state index contributed by atoms with van der Waals surface area (Å²) in [5.41, 5.74) is 10.9. The molecule has 0 heterocycles. The zero-order valence-corrected chi connectivity index (χ0v) is 22.4. The number of fused-ring (bicyclic) bond motifs is 6. The van der Waals surface area contributed by atoms with E-state index in [1.54, 1.807) is 0 Å². The molecule has 0 fully saturated rings. The molecule has 8 aromatic rings. The summed E-state index contributed by atoms with van der Waals surface area (Å²) in [7, 11) is 0. The molecule has 0 N–H and O–H groups in total. The van der Waals surface area contributed by atoms with Gasteiger partial charge in [0.05, 0.1) is 5.41 Å². The highest BCUT2D eigenvalue weighted by molar-refractivity contribution is 6.22. The number of benzene rings is 8. The fraction of sp³-hybridized carbons (Fsp3) is 0.0244. The van der Waals surface area contributed by atoms with Crippen molar-refractivity contribution in [2.24, 2.45) is 0 Å². The molecule has 0 saturated carbocycles. The van der Waals surface area contributed by atoms with Gasteiger partial charge in [0.1, 0.15) is 0 Å². The van der Waals surface area contributed by atoms with E-state index in [0.29, 0.717) is 0 Å². The van der Waals surface area contributed by atoms with Crippen LogP contribution < -0.4 is 0 Å². The normalized spacial score (nSPS) is 14.0. The van der Waals surface area contributed by atoms with Crippen LogP contribution in [0.25, 0.3) is 65.3 Å². The third-order valence-corrected chi connectivity index (χ3v) is 9.78. The van der Waals surface area contributed by atoms with Crippen LogP contribution in [0.2, 0.25) is 0 Å². The molecule has 1 spiro atoms. The quantitative estimate of drug-likeness (QED) is 0.200. The molecule has 10 rings (SSSR count). The van der Waals surface area contributed by atoms with E-state index in [0.717, 1.165) is 0 Å². The molecule has 2 aliphatic rings. The summed E-state index contributed by atoms with van der Waals surface area (Å²) >= 11 is 0. The van der Waals surface area contributed by atoms with Crippen molar-refractivity contribution >= 4 is 43.1 Å². The van der Waals surface area contributed by atoms with Gasteiger partial charge in [-0.1, -0.05) is 133 Å². The van der Waals surface area contributed by atoms with Crippen molar-refractivity contribution in [2.75, 3.05) is 0 Å². The first-order valence-electron chi connectivity index (χ1n) is 14.5. The molecule has 0 aliphatic heterocycles. The molecule has 8 aromatic carbocycles. The first-order chi connectivity index (χ1) is 20.4. The molecule has 0 saturated heterocycles. The molecule has 0 radical (unpaired) electrons. The lowest BCUT2D eigenvalue weighted by Gasteiger charge is -2.52. The highest BCUT2D eigenvalue weighted by atomic mass is 14.5. The average Bonchev–Trinajstić information content (AvgIpc) is 3.02. The van der Waals surface area contributed by atoms with Crippen molar-refractivity contribution in [1.82, 2.24) is 0 Å². The van der Waals surface area contributed by atoms with E-state index in [4.69, 9.17) is 0 Å². The van der Waals surface area contributed by atoms with Crippen molar-refractivity contribution < 1.29 is 0 Å². The Morgan fingerprint density at radius 3 is 1.34 bits per heavy atom. The lowest BCUT2D eigenvalue weighted by molar-refractivity contribution is 0.701. The molecule has 0 heteroatoms. The fourth-order valence-corrected chi connectivity index (χ4v) is 8.25. The Bertz CT molecular complexity index is 2310. The van der Waals surface area contributed by atoms with Crippen LogP contribution in [-0.2, 0) is 5.41 Å². The molecule has 188 valence electrons. The summed E-state index contributed by atoms with van der Waals surface area (Å²) in [6, 6.07) is 54.3. The Hall–Kier alpha value is -5.20. The maximum Gasteiger partial charge on any atom is 0.0726 e. The lowest BCUT2D eigenvalue weighted by atomic mass is 9.49. The second-order valence-corrected chi connectivity index (χ2v) is 11.6. The van der Waals surface area contributed by atoms with Gasteiger partial charge in [-0.05, 0) is 99.7 Å². The molecule has 0 unspecified atom stereocenters. The highest BCUT2D eigenvalue weighted by Crippen LogP contribution is 2.65. The molecule has 0 aromatic heterocycles. The van der Waals surface area contributed by atoms with Gasteiger partial charge in [0.2, 0.25) is 0 Å². The summed E-state index contributed by atoms with van der Waals surface area (Å²) in [4.78, 5) is 0. The van der Waals surface area contributed by atoms with Gasteiger partial charge in [0.25, 0.3) is 0 Å². The number of hydrogen-bond acceptors (Lipinski definition) is 0. The fourth-order valence-electron chi connectivity index (χ4n) is 8.25. The van der Waals surface area contributed by atoms with Gasteiger partial charge in [0.15, 0.2) is 0 Å². The van der Waals surface area contributed by atoms with Crippen LogP contribution in [0.15, 0.2) is 146 Å². The van der Waals surface area contributed by atoms with Gasteiger partial charge in [-0.2, -0.15) is 0 Å². The van der Waals surface area contributed by atoms with Crippen molar-refractivity contribution in [1.29, 1.82) is 0 Å². The molecule has 0 amide bonds. The summed E-state index contributed by atoms with van der Waals surface area (Å²) in [6.45, 7) is 0. The highest BCUT2D eigenvalue weighted by Gasteiger charge is 2.54. The summed E-state index contributed by atoms with van der Waals surface area (Å²) in [5, 5.41) is 10.7. The van der Waals surface area contributed by atoms with Gasteiger partial charge < -0.3 is 0 Å². The van der Waals surface area contributed by atoms with E-state index >= 15 is 0 Å².